The van der Waals surface area contributed by atoms with E-state index in [0.29, 0.717) is 35.6 Å². The molecule has 2 aliphatic rings. The maximum Gasteiger partial charge on any atom is 0.328 e. The van der Waals surface area contributed by atoms with E-state index < -0.39 is 6.04 Å². The lowest BCUT2D eigenvalue weighted by molar-refractivity contribution is -0.141. The molecule has 1 saturated heterocycles. The Morgan fingerprint density at radius 3 is 2.80 bits per heavy atom. The van der Waals surface area contributed by atoms with Crippen LogP contribution in [-0.4, -0.2) is 46.3 Å². The zero-order valence-electron chi connectivity index (χ0n) is 19.5. The highest BCUT2D eigenvalue weighted by Crippen LogP contribution is 2.36. The molecule has 35 heavy (non-hydrogen) atoms. The Kier molecular flexibility index (Phi) is 7.87. The van der Waals surface area contributed by atoms with E-state index in [9.17, 15) is 9.18 Å². The van der Waals surface area contributed by atoms with Crippen LogP contribution in [0.25, 0.3) is 11.4 Å². The summed E-state index contributed by atoms with van der Waals surface area (Å²) in [5.41, 5.74) is 10.1. The molecular weight excluding hydrogens is 465 g/mol. The molecule has 1 aromatic carbocycles. The van der Waals surface area contributed by atoms with Gasteiger partial charge in [-0.1, -0.05) is 30.4 Å². The van der Waals surface area contributed by atoms with Gasteiger partial charge in [0.15, 0.2) is 0 Å². The summed E-state index contributed by atoms with van der Waals surface area (Å²) in [7, 11) is 1.37. The molecule has 0 saturated carbocycles. The van der Waals surface area contributed by atoms with Gasteiger partial charge in [0.05, 0.1) is 29.2 Å². The van der Waals surface area contributed by atoms with Gasteiger partial charge in [-0.25, -0.2) is 19.2 Å². The molecule has 1 fully saturated rings. The lowest BCUT2D eigenvalue weighted by Gasteiger charge is -2.25. The molecule has 7 nitrogen and oxygen atoms in total. The minimum absolute atomic E-state index is 0.284. The largest absolute Gasteiger partial charge is 0.467 e. The van der Waals surface area contributed by atoms with Crippen LogP contribution in [0.5, 0.6) is 0 Å². The van der Waals surface area contributed by atoms with E-state index in [1.807, 2.05) is 17.1 Å². The second kappa shape index (κ2) is 11.2. The molecule has 3 N–H and O–H groups in total. The van der Waals surface area contributed by atoms with Crippen molar-refractivity contribution in [2.45, 2.75) is 25.3 Å². The van der Waals surface area contributed by atoms with Crippen LogP contribution >= 0.6 is 11.8 Å². The van der Waals surface area contributed by atoms with Gasteiger partial charge in [-0.3, -0.25) is 0 Å². The molecule has 2 heterocycles. The normalized spacial score (nSPS) is 17.0. The van der Waals surface area contributed by atoms with E-state index in [0.717, 1.165) is 29.2 Å². The fraction of sp³-hybridized carbons (Fsp3) is 0.269. The first-order valence-electron chi connectivity index (χ1n) is 11.3. The number of hydrogen-bond acceptors (Lipinski definition) is 8. The lowest BCUT2D eigenvalue weighted by atomic mass is 9.98. The molecule has 9 heteroatoms. The van der Waals surface area contributed by atoms with Crippen molar-refractivity contribution in [2.75, 3.05) is 24.7 Å². The Hall–Kier alpha value is -3.59. The maximum absolute atomic E-state index is 13.5. The van der Waals surface area contributed by atoms with Crippen LogP contribution in [0.1, 0.15) is 30.5 Å². The lowest BCUT2D eigenvalue weighted by Crippen LogP contribution is -2.32. The van der Waals surface area contributed by atoms with E-state index in [4.69, 9.17) is 15.5 Å². The summed E-state index contributed by atoms with van der Waals surface area (Å²) in [6.45, 7) is 4.86. The molecule has 1 unspecified atom stereocenters. The number of nitrogens with one attached hydrogen (secondary N) is 1. The molecule has 1 atom stereocenters. The van der Waals surface area contributed by atoms with Gasteiger partial charge in [0.2, 0.25) is 5.95 Å². The Balaban J connectivity index is 1.68. The molecule has 0 radical (unpaired) electrons. The third-order valence-electron chi connectivity index (χ3n) is 5.82. The molecule has 0 bridgehead atoms. The average molecular weight is 494 g/mol. The van der Waals surface area contributed by atoms with Crippen molar-refractivity contribution in [1.29, 1.82) is 0 Å². The van der Waals surface area contributed by atoms with Crippen molar-refractivity contribution in [3.8, 4) is 0 Å². The minimum atomic E-state index is -0.632. The van der Waals surface area contributed by atoms with Crippen molar-refractivity contribution in [1.82, 2.24) is 14.9 Å². The summed E-state index contributed by atoms with van der Waals surface area (Å²) in [4.78, 5) is 23.6. The number of benzene rings is 1. The number of thioether (sulfide) groups is 1. The predicted octanol–water partition coefficient (Wildman–Crippen LogP) is 4.54. The number of ether oxygens (including phenoxy) is 1. The number of allylic oxidation sites excluding steroid dienone is 3. The molecule has 0 amide bonds. The number of carbonyl (C=O) groups excluding carboxylic acids is 1. The number of nitrogens with two attached hydrogens (primary N) is 1. The molecule has 4 rings (SSSR count). The fourth-order valence-electron chi connectivity index (χ4n) is 4.02. The van der Waals surface area contributed by atoms with Crippen LogP contribution in [0.4, 0.5) is 10.3 Å². The quantitative estimate of drug-likeness (QED) is 0.518. The number of carbonyl (C=O) groups is 1. The van der Waals surface area contributed by atoms with Gasteiger partial charge in [-0.15, -0.1) is 11.8 Å². The number of methoxy groups -OCH3 is 1. The topological polar surface area (TPSA) is 93.4 Å². The number of esters is 1. The van der Waals surface area contributed by atoms with Crippen molar-refractivity contribution in [3.63, 3.8) is 0 Å². The Bertz CT molecular complexity index is 1190. The van der Waals surface area contributed by atoms with E-state index in [2.05, 4.69) is 23.0 Å². The van der Waals surface area contributed by atoms with Crippen molar-refractivity contribution in [2.24, 2.45) is 5.73 Å². The number of anilines is 1. The van der Waals surface area contributed by atoms with Gasteiger partial charge < -0.3 is 20.7 Å². The van der Waals surface area contributed by atoms with Gasteiger partial charge in [0.1, 0.15) is 11.9 Å². The third kappa shape index (κ3) is 5.92. The predicted molar refractivity (Wildman–Crippen MR) is 138 cm³/mol. The summed E-state index contributed by atoms with van der Waals surface area (Å²) in [6, 6.07) is 7.14. The van der Waals surface area contributed by atoms with Crippen LogP contribution in [-0.2, 0) is 9.53 Å². The number of aromatic nitrogens is 2. The number of nitrogens with zero attached hydrogens (tertiary/aromatic N) is 3. The van der Waals surface area contributed by atoms with Crippen molar-refractivity contribution in [3.05, 3.63) is 89.0 Å². The van der Waals surface area contributed by atoms with E-state index >= 15 is 0 Å². The van der Waals surface area contributed by atoms with Gasteiger partial charge in [-0.05, 0) is 55.2 Å². The first-order valence-corrected chi connectivity index (χ1v) is 12.3. The van der Waals surface area contributed by atoms with Crippen LogP contribution in [0.15, 0.2) is 71.9 Å². The summed E-state index contributed by atoms with van der Waals surface area (Å²) in [5, 5.41) is 3.99. The minimum Gasteiger partial charge on any atom is -0.467 e. The first-order chi connectivity index (χ1) is 17.0. The monoisotopic (exact) mass is 493 g/mol. The molecule has 182 valence electrons. The Morgan fingerprint density at radius 2 is 2.14 bits per heavy atom. The van der Waals surface area contributed by atoms with Crippen LogP contribution in [0.2, 0.25) is 0 Å². The Morgan fingerprint density at radius 1 is 1.34 bits per heavy atom. The number of hydrogen-bond donors (Lipinski definition) is 2. The first kappa shape index (κ1) is 24.5. The summed E-state index contributed by atoms with van der Waals surface area (Å²) >= 11 is 1.63. The van der Waals surface area contributed by atoms with Crippen LogP contribution in [0.3, 0.4) is 0 Å². The van der Waals surface area contributed by atoms with E-state index in [1.165, 1.54) is 19.2 Å². The van der Waals surface area contributed by atoms with E-state index in [-0.39, 0.29) is 17.7 Å². The highest BCUT2D eigenvalue weighted by Gasteiger charge is 2.26. The maximum atomic E-state index is 13.5. The SMILES string of the molecule is C=C1SCCN1/C(=C(\N)c1ccc(F)cc1)c1ccnc(NC(CC2=CC=CCC2)C(=O)OC)n1. The van der Waals surface area contributed by atoms with Gasteiger partial charge in [-0.2, -0.15) is 0 Å². The summed E-state index contributed by atoms with van der Waals surface area (Å²) in [6.07, 6.45) is 10.1. The van der Waals surface area contributed by atoms with E-state index in [1.54, 1.807) is 36.2 Å². The van der Waals surface area contributed by atoms with Crippen LogP contribution in [0, 0.1) is 5.82 Å². The Labute approximate surface area is 208 Å². The molecule has 2 aromatic rings. The number of rotatable bonds is 8. The zero-order chi connectivity index (χ0) is 24.8. The van der Waals surface area contributed by atoms with Gasteiger partial charge in [0, 0.05) is 18.5 Å². The molecule has 0 spiro atoms. The van der Waals surface area contributed by atoms with Crippen molar-refractivity contribution >= 4 is 35.1 Å². The van der Waals surface area contributed by atoms with Gasteiger partial charge in [0.25, 0.3) is 0 Å². The number of halogens is 1. The highest BCUT2D eigenvalue weighted by atomic mass is 32.2. The second-order valence-electron chi connectivity index (χ2n) is 8.14. The van der Waals surface area contributed by atoms with Gasteiger partial charge >= 0.3 is 5.97 Å². The fourth-order valence-corrected chi connectivity index (χ4v) is 4.87. The summed E-state index contributed by atoms with van der Waals surface area (Å²) < 4.78 is 18.5. The molecule has 1 aromatic heterocycles. The molecule has 1 aliphatic carbocycles. The summed E-state index contributed by atoms with van der Waals surface area (Å²) in [5.74, 6) is 0.422. The smallest absolute Gasteiger partial charge is 0.328 e. The zero-order valence-corrected chi connectivity index (χ0v) is 20.4. The van der Waals surface area contributed by atoms with Crippen molar-refractivity contribution < 1.29 is 13.9 Å². The molecular formula is C26H28FN5O2S. The highest BCUT2D eigenvalue weighted by molar-refractivity contribution is 8.03. The third-order valence-corrected chi connectivity index (χ3v) is 6.76. The second-order valence-corrected chi connectivity index (χ2v) is 9.31. The standard InChI is InChI=1S/C26H28FN5O2S/c1-17-32(14-15-35-17)24(23(28)19-8-10-20(27)11-9-19)21-12-13-29-26(30-21)31-22(25(33)34-2)16-18-6-4-3-5-7-18/h3-4,6,8-13,22H,1,5,7,14-16,28H2,2H3,(H,29,30,31)/b24-23-. The average Bonchev–Trinajstić information content (AvgIpc) is 3.29. The van der Waals surface area contributed by atoms with Crippen LogP contribution < -0.4 is 11.1 Å². The molecule has 1 aliphatic heterocycles.